The first kappa shape index (κ1) is 15.1. The molecule has 0 heterocycles. The van der Waals surface area contributed by atoms with Crippen molar-refractivity contribution in [3.05, 3.63) is 28.2 Å². The first-order valence-electron chi connectivity index (χ1n) is 5.35. The molecule has 1 atom stereocenters. The summed E-state index contributed by atoms with van der Waals surface area (Å²) >= 11 is 11.8. The first-order valence-corrected chi connectivity index (χ1v) is 6.10. The third-order valence-corrected chi connectivity index (χ3v) is 2.80. The first-order chi connectivity index (χ1) is 8.54. The zero-order valence-corrected chi connectivity index (χ0v) is 11.4. The van der Waals surface area contributed by atoms with E-state index < -0.39 is 6.10 Å². The van der Waals surface area contributed by atoms with E-state index in [9.17, 15) is 5.11 Å². The number of aliphatic hydroxyl groups excluding tert-OH is 1. The van der Waals surface area contributed by atoms with Gasteiger partial charge in [-0.1, -0.05) is 29.3 Å². The summed E-state index contributed by atoms with van der Waals surface area (Å²) in [4.78, 5) is 1.70. The molecule has 0 aromatic heterocycles. The monoisotopic (exact) mass is 288 g/mol. The molecule has 0 aliphatic carbocycles. The van der Waals surface area contributed by atoms with Crippen molar-refractivity contribution in [1.82, 2.24) is 4.90 Å². The molecule has 0 saturated carbocycles. The molecule has 0 fully saturated rings. The molecular weight excluding hydrogens is 275 g/mol. The van der Waals surface area contributed by atoms with Gasteiger partial charge in [0.2, 0.25) is 0 Å². The molecule has 1 aromatic carbocycles. The average Bonchev–Trinajstić information content (AvgIpc) is 2.28. The summed E-state index contributed by atoms with van der Waals surface area (Å²) in [5.41, 5.74) is 0. The molecule has 0 amide bonds. The molecule has 0 radical (unpaired) electrons. The third-order valence-electron chi connectivity index (χ3n) is 2.20. The zero-order chi connectivity index (χ0) is 13.5. The normalized spacial score (nSPS) is 12.2. The van der Waals surface area contributed by atoms with E-state index in [0.29, 0.717) is 22.3 Å². The summed E-state index contributed by atoms with van der Waals surface area (Å²) in [6.45, 7) is 0.665. The minimum Gasteiger partial charge on any atom is -0.488 e. The van der Waals surface area contributed by atoms with Crippen molar-refractivity contribution in [3.8, 4) is 11.8 Å². The quantitative estimate of drug-likeness (QED) is 0.816. The molecule has 1 aromatic rings. The number of nitriles is 1. The molecule has 98 valence electrons. The molecule has 0 saturated heterocycles. The Kier molecular flexibility index (Phi) is 6.23. The molecule has 6 heteroatoms. The van der Waals surface area contributed by atoms with Crippen LogP contribution in [-0.2, 0) is 0 Å². The predicted molar refractivity (Wildman–Crippen MR) is 71.1 cm³/mol. The van der Waals surface area contributed by atoms with Gasteiger partial charge in [-0.2, -0.15) is 5.26 Å². The highest BCUT2D eigenvalue weighted by Gasteiger charge is 2.12. The minimum absolute atomic E-state index is 0.0687. The minimum atomic E-state index is -0.712. The number of nitrogens with zero attached hydrogens (tertiary/aromatic N) is 2. The SMILES string of the molecule is CN(CC#N)CC(O)COc1c(Cl)cccc1Cl. The van der Waals surface area contributed by atoms with Gasteiger partial charge in [0.1, 0.15) is 12.7 Å². The van der Waals surface area contributed by atoms with Gasteiger partial charge < -0.3 is 9.84 Å². The van der Waals surface area contributed by atoms with Gasteiger partial charge in [-0.15, -0.1) is 0 Å². The van der Waals surface area contributed by atoms with Gasteiger partial charge in [-0.3, -0.25) is 4.90 Å². The number of rotatable bonds is 6. The fourth-order valence-corrected chi connectivity index (χ4v) is 1.90. The number of hydrogen-bond acceptors (Lipinski definition) is 4. The van der Waals surface area contributed by atoms with Crippen LogP contribution < -0.4 is 4.74 Å². The van der Waals surface area contributed by atoms with Gasteiger partial charge in [0.15, 0.2) is 5.75 Å². The molecule has 0 spiro atoms. The highest BCUT2D eigenvalue weighted by atomic mass is 35.5. The number of para-hydroxylation sites is 1. The zero-order valence-electron chi connectivity index (χ0n) is 9.94. The van der Waals surface area contributed by atoms with Crippen LogP contribution in [0.3, 0.4) is 0 Å². The van der Waals surface area contributed by atoms with Gasteiger partial charge in [-0.05, 0) is 19.2 Å². The molecule has 0 bridgehead atoms. The summed E-state index contributed by atoms with van der Waals surface area (Å²) in [5, 5.41) is 19.0. The Labute approximate surface area is 116 Å². The Morgan fingerprint density at radius 3 is 2.61 bits per heavy atom. The lowest BCUT2D eigenvalue weighted by atomic mass is 10.3. The lowest BCUT2D eigenvalue weighted by Gasteiger charge is -2.18. The van der Waals surface area contributed by atoms with Crippen LogP contribution in [0.2, 0.25) is 10.0 Å². The summed E-state index contributed by atoms with van der Waals surface area (Å²) in [6, 6.07) is 7.04. The van der Waals surface area contributed by atoms with Crippen molar-refractivity contribution in [2.45, 2.75) is 6.10 Å². The second-order valence-corrected chi connectivity index (χ2v) is 4.68. The highest BCUT2D eigenvalue weighted by molar-refractivity contribution is 6.37. The largest absolute Gasteiger partial charge is 0.488 e. The fourth-order valence-electron chi connectivity index (χ4n) is 1.40. The van der Waals surface area contributed by atoms with Gasteiger partial charge in [0.25, 0.3) is 0 Å². The van der Waals surface area contributed by atoms with Crippen LogP contribution in [0.4, 0.5) is 0 Å². The summed E-state index contributed by atoms with van der Waals surface area (Å²) in [7, 11) is 1.74. The van der Waals surface area contributed by atoms with E-state index in [0.717, 1.165) is 0 Å². The van der Waals surface area contributed by atoms with E-state index in [2.05, 4.69) is 0 Å². The van der Waals surface area contributed by atoms with E-state index in [-0.39, 0.29) is 13.2 Å². The van der Waals surface area contributed by atoms with Gasteiger partial charge in [0, 0.05) is 6.54 Å². The Hall–Kier alpha value is -0.990. The molecule has 4 nitrogen and oxygen atoms in total. The van der Waals surface area contributed by atoms with Crippen LogP contribution in [0.25, 0.3) is 0 Å². The lowest BCUT2D eigenvalue weighted by molar-refractivity contribution is 0.0800. The van der Waals surface area contributed by atoms with Crippen LogP contribution in [-0.4, -0.2) is 42.9 Å². The number of likely N-dealkylation sites (N-methyl/N-ethyl adjacent to an activating group) is 1. The summed E-state index contributed by atoms with van der Waals surface area (Å²) in [5.74, 6) is 0.364. The van der Waals surface area contributed by atoms with Crippen LogP contribution >= 0.6 is 23.2 Å². The number of hydrogen-bond donors (Lipinski definition) is 1. The van der Waals surface area contributed by atoms with Gasteiger partial charge in [-0.25, -0.2) is 0 Å². The second-order valence-electron chi connectivity index (χ2n) is 3.87. The number of benzene rings is 1. The molecular formula is C12H14Cl2N2O2. The Bertz CT molecular complexity index is 414. The van der Waals surface area contributed by atoms with Crippen LogP contribution in [0, 0.1) is 11.3 Å². The summed E-state index contributed by atoms with van der Waals surface area (Å²) < 4.78 is 5.38. The number of halogens is 2. The van der Waals surface area contributed by atoms with Gasteiger partial charge >= 0.3 is 0 Å². The molecule has 1 N–H and O–H groups in total. The third kappa shape index (κ3) is 4.71. The average molecular weight is 289 g/mol. The number of ether oxygens (including phenoxy) is 1. The molecule has 0 aliphatic heterocycles. The maximum absolute atomic E-state index is 9.73. The lowest BCUT2D eigenvalue weighted by Crippen LogP contribution is -2.33. The molecule has 1 rings (SSSR count). The predicted octanol–water partition coefficient (Wildman–Crippen LogP) is 2.19. The smallest absolute Gasteiger partial charge is 0.156 e. The number of aliphatic hydroxyl groups is 1. The fraction of sp³-hybridized carbons (Fsp3) is 0.417. The second kappa shape index (κ2) is 7.45. The maximum atomic E-state index is 9.73. The van der Waals surface area contributed by atoms with Crippen molar-refractivity contribution in [3.63, 3.8) is 0 Å². The standard InChI is InChI=1S/C12H14Cl2N2O2/c1-16(6-5-15)7-9(17)8-18-12-10(13)3-2-4-11(12)14/h2-4,9,17H,6-8H2,1H3. The van der Waals surface area contributed by atoms with Crippen LogP contribution in [0.15, 0.2) is 18.2 Å². The van der Waals surface area contributed by atoms with Crippen molar-refractivity contribution >= 4 is 23.2 Å². The molecule has 18 heavy (non-hydrogen) atoms. The van der Waals surface area contributed by atoms with Crippen molar-refractivity contribution in [1.29, 1.82) is 5.26 Å². The van der Waals surface area contributed by atoms with Crippen LogP contribution in [0.1, 0.15) is 0 Å². The van der Waals surface area contributed by atoms with Crippen molar-refractivity contribution < 1.29 is 9.84 Å². The van der Waals surface area contributed by atoms with E-state index in [1.807, 2.05) is 6.07 Å². The Morgan fingerprint density at radius 2 is 2.06 bits per heavy atom. The van der Waals surface area contributed by atoms with E-state index >= 15 is 0 Å². The topological polar surface area (TPSA) is 56.5 Å². The van der Waals surface area contributed by atoms with Crippen LogP contribution in [0.5, 0.6) is 5.75 Å². The highest BCUT2D eigenvalue weighted by Crippen LogP contribution is 2.32. The van der Waals surface area contributed by atoms with E-state index in [4.69, 9.17) is 33.2 Å². The van der Waals surface area contributed by atoms with E-state index in [1.54, 1.807) is 30.1 Å². The van der Waals surface area contributed by atoms with Crippen molar-refractivity contribution in [2.75, 3.05) is 26.7 Å². The Morgan fingerprint density at radius 1 is 1.44 bits per heavy atom. The van der Waals surface area contributed by atoms with Crippen molar-refractivity contribution in [2.24, 2.45) is 0 Å². The molecule has 1 unspecified atom stereocenters. The van der Waals surface area contributed by atoms with E-state index in [1.165, 1.54) is 0 Å². The summed E-state index contributed by atoms with van der Waals surface area (Å²) in [6.07, 6.45) is -0.712. The molecule has 0 aliphatic rings. The van der Waals surface area contributed by atoms with Gasteiger partial charge in [0.05, 0.1) is 22.7 Å². The maximum Gasteiger partial charge on any atom is 0.156 e. The Balaban J connectivity index is 2.48.